The molecule has 2 aromatic rings. The summed E-state index contributed by atoms with van der Waals surface area (Å²) in [7, 11) is 0. The van der Waals surface area contributed by atoms with Crippen molar-refractivity contribution < 1.29 is 9.53 Å². The Morgan fingerprint density at radius 1 is 1.05 bits per heavy atom. The average Bonchev–Trinajstić information content (AvgIpc) is 2.44. The fraction of sp³-hybridized carbons (Fsp3) is 0.133. The lowest BCUT2D eigenvalue weighted by Crippen LogP contribution is -2.18. The van der Waals surface area contributed by atoms with Crippen LogP contribution in [-0.2, 0) is 16.1 Å². The summed E-state index contributed by atoms with van der Waals surface area (Å²) in [4.78, 5) is 11.7. The van der Waals surface area contributed by atoms with Gasteiger partial charge in [0.05, 0.1) is 16.7 Å². The average molecular weight is 310 g/mol. The van der Waals surface area contributed by atoms with E-state index in [2.05, 4.69) is 5.32 Å². The zero-order valence-electron chi connectivity index (χ0n) is 10.6. The minimum absolute atomic E-state index is 0.0187. The smallest absolute Gasteiger partial charge is 0.250 e. The molecular formula is C15H13Cl2NO2. The van der Waals surface area contributed by atoms with E-state index in [-0.39, 0.29) is 12.5 Å². The van der Waals surface area contributed by atoms with Crippen LogP contribution in [0.3, 0.4) is 0 Å². The van der Waals surface area contributed by atoms with Gasteiger partial charge in [-0.05, 0) is 23.8 Å². The van der Waals surface area contributed by atoms with Crippen LogP contribution in [0, 0.1) is 0 Å². The first-order valence-corrected chi connectivity index (χ1v) is 6.77. The van der Waals surface area contributed by atoms with E-state index in [1.54, 1.807) is 18.2 Å². The highest BCUT2D eigenvalue weighted by molar-refractivity contribution is 6.42. The summed E-state index contributed by atoms with van der Waals surface area (Å²) in [6.07, 6.45) is 0. The van der Waals surface area contributed by atoms with Crippen LogP contribution in [0.2, 0.25) is 10.0 Å². The number of carbonyl (C=O) groups excluding carboxylic acids is 1. The lowest BCUT2D eigenvalue weighted by atomic mass is 10.2. The van der Waals surface area contributed by atoms with Crippen LogP contribution in [0.4, 0.5) is 5.69 Å². The molecule has 0 aliphatic heterocycles. The van der Waals surface area contributed by atoms with Crippen LogP contribution in [-0.4, -0.2) is 12.5 Å². The highest BCUT2D eigenvalue weighted by atomic mass is 35.5. The number of benzene rings is 2. The third kappa shape index (κ3) is 4.53. The second kappa shape index (κ2) is 7.29. The zero-order chi connectivity index (χ0) is 14.4. The van der Waals surface area contributed by atoms with Crippen LogP contribution >= 0.6 is 23.2 Å². The maximum Gasteiger partial charge on any atom is 0.250 e. The molecular weight excluding hydrogens is 297 g/mol. The monoisotopic (exact) mass is 309 g/mol. The third-order valence-corrected chi connectivity index (χ3v) is 3.29. The summed E-state index contributed by atoms with van der Waals surface area (Å²) >= 11 is 11.7. The van der Waals surface area contributed by atoms with Crippen LogP contribution in [0.25, 0.3) is 0 Å². The van der Waals surface area contributed by atoms with Gasteiger partial charge >= 0.3 is 0 Å². The summed E-state index contributed by atoms with van der Waals surface area (Å²) in [5, 5.41) is 3.54. The Labute approximate surface area is 127 Å². The molecule has 0 spiro atoms. The highest BCUT2D eigenvalue weighted by Crippen LogP contribution is 2.24. The maximum absolute atomic E-state index is 11.7. The predicted molar refractivity (Wildman–Crippen MR) is 81.2 cm³/mol. The van der Waals surface area contributed by atoms with Crippen LogP contribution in [0.5, 0.6) is 0 Å². The molecule has 0 saturated carbocycles. The first-order valence-electron chi connectivity index (χ1n) is 6.02. The summed E-state index contributed by atoms with van der Waals surface area (Å²) in [6, 6.07) is 14.6. The van der Waals surface area contributed by atoms with Crippen LogP contribution < -0.4 is 5.32 Å². The van der Waals surface area contributed by atoms with E-state index in [1.165, 1.54) is 0 Å². The van der Waals surface area contributed by atoms with Gasteiger partial charge in [-0.1, -0.05) is 53.5 Å². The second-order valence-electron chi connectivity index (χ2n) is 4.16. The van der Waals surface area contributed by atoms with Crippen molar-refractivity contribution in [3.05, 3.63) is 64.1 Å². The summed E-state index contributed by atoms with van der Waals surface area (Å²) < 4.78 is 5.34. The Balaban J connectivity index is 1.79. The molecule has 5 heteroatoms. The molecule has 0 unspecified atom stereocenters. The molecule has 0 aromatic heterocycles. The quantitative estimate of drug-likeness (QED) is 0.901. The number of hydrogen-bond donors (Lipinski definition) is 1. The number of carbonyl (C=O) groups is 1. The van der Waals surface area contributed by atoms with Crippen molar-refractivity contribution in [3.63, 3.8) is 0 Å². The van der Waals surface area contributed by atoms with Gasteiger partial charge in [-0.15, -0.1) is 0 Å². The third-order valence-electron chi connectivity index (χ3n) is 2.55. The fourth-order valence-corrected chi connectivity index (χ4v) is 1.90. The molecule has 0 fully saturated rings. The maximum atomic E-state index is 11.7. The Kier molecular flexibility index (Phi) is 5.41. The number of rotatable bonds is 5. The first kappa shape index (κ1) is 14.9. The van der Waals surface area contributed by atoms with Gasteiger partial charge in [0.2, 0.25) is 5.91 Å². The first-order chi connectivity index (χ1) is 9.65. The molecule has 0 aliphatic rings. The molecule has 0 atom stereocenters. The number of halogens is 2. The second-order valence-corrected chi connectivity index (χ2v) is 4.97. The molecule has 1 amide bonds. The number of amides is 1. The largest absolute Gasteiger partial charge is 0.367 e. The molecule has 0 radical (unpaired) electrons. The van der Waals surface area contributed by atoms with Gasteiger partial charge in [-0.25, -0.2) is 0 Å². The van der Waals surface area contributed by atoms with Crippen LogP contribution in [0.15, 0.2) is 48.5 Å². The molecule has 0 aliphatic carbocycles. The Morgan fingerprint density at radius 2 is 1.80 bits per heavy atom. The summed E-state index contributed by atoms with van der Waals surface area (Å²) in [5.74, 6) is -0.237. The van der Waals surface area contributed by atoms with Crippen LogP contribution in [0.1, 0.15) is 5.56 Å². The lowest BCUT2D eigenvalue weighted by Gasteiger charge is -2.07. The summed E-state index contributed by atoms with van der Waals surface area (Å²) in [5.41, 5.74) is 1.61. The van der Waals surface area contributed by atoms with E-state index >= 15 is 0 Å². The molecule has 2 rings (SSSR count). The van der Waals surface area contributed by atoms with Crippen molar-refractivity contribution in [1.82, 2.24) is 0 Å². The Morgan fingerprint density at radius 3 is 2.50 bits per heavy atom. The van der Waals surface area contributed by atoms with Gasteiger partial charge in [0.1, 0.15) is 6.61 Å². The Hall–Kier alpha value is -1.55. The fourth-order valence-electron chi connectivity index (χ4n) is 1.61. The minimum Gasteiger partial charge on any atom is -0.367 e. The van der Waals surface area contributed by atoms with E-state index in [9.17, 15) is 4.79 Å². The molecule has 2 aromatic carbocycles. The number of nitrogens with one attached hydrogen (secondary N) is 1. The zero-order valence-corrected chi connectivity index (χ0v) is 12.1. The molecule has 0 bridgehead atoms. The molecule has 3 nitrogen and oxygen atoms in total. The topological polar surface area (TPSA) is 38.3 Å². The van der Waals surface area contributed by atoms with Gasteiger partial charge < -0.3 is 10.1 Å². The van der Waals surface area contributed by atoms with Gasteiger partial charge in [0.25, 0.3) is 0 Å². The van der Waals surface area contributed by atoms with Crippen molar-refractivity contribution in [2.24, 2.45) is 0 Å². The summed E-state index contributed by atoms with van der Waals surface area (Å²) in [6.45, 7) is 0.380. The van der Waals surface area contributed by atoms with E-state index in [4.69, 9.17) is 27.9 Å². The standard InChI is InChI=1S/C15H13Cl2NO2/c16-13-7-6-12(8-14(13)17)18-15(19)10-20-9-11-4-2-1-3-5-11/h1-8H,9-10H2,(H,18,19). The van der Waals surface area contributed by atoms with Crippen molar-refractivity contribution in [2.45, 2.75) is 6.61 Å². The SMILES string of the molecule is O=C(COCc1ccccc1)Nc1ccc(Cl)c(Cl)c1. The van der Waals surface area contributed by atoms with Crippen molar-refractivity contribution in [3.8, 4) is 0 Å². The van der Waals surface area contributed by atoms with E-state index in [0.29, 0.717) is 22.3 Å². The van der Waals surface area contributed by atoms with Gasteiger partial charge in [-0.2, -0.15) is 0 Å². The number of ether oxygens (including phenoxy) is 1. The van der Waals surface area contributed by atoms with Crippen molar-refractivity contribution in [2.75, 3.05) is 11.9 Å². The predicted octanol–water partition coefficient (Wildman–Crippen LogP) is 4.15. The highest BCUT2D eigenvalue weighted by Gasteiger charge is 2.05. The molecule has 0 saturated heterocycles. The van der Waals surface area contributed by atoms with E-state index in [0.717, 1.165) is 5.56 Å². The number of anilines is 1. The van der Waals surface area contributed by atoms with E-state index < -0.39 is 0 Å². The molecule has 0 heterocycles. The van der Waals surface area contributed by atoms with Crippen molar-refractivity contribution >= 4 is 34.8 Å². The van der Waals surface area contributed by atoms with Gasteiger partial charge in [0.15, 0.2) is 0 Å². The minimum atomic E-state index is -0.237. The molecule has 1 N–H and O–H groups in total. The lowest BCUT2D eigenvalue weighted by molar-refractivity contribution is -0.121. The van der Waals surface area contributed by atoms with Gasteiger partial charge in [-0.3, -0.25) is 4.79 Å². The molecule has 104 valence electrons. The molecule has 20 heavy (non-hydrogen) atoms. The normalized spacial score (nSPS) is 10.3. The van der Waals surface area contributed by atoms with E-state index in [1.807, 2.05) is 30.3 Å². The van der Waals surface area contributed by atoms with Gasteiger partial charge in [0, 0.05) is 5.69 Å². The number of hydrogen-bond acceptors (Lipinski definition) is 2. The van der Waals surface area contributed by atoms with Crippen molar-refractivity contribution in [1.29, 1.82) is 0 Å². The Bertz CT molecular complexity index is 588.